The van der Waals surface area contributed by atoms with Crippen molar-refractivity contribution in [3.63, 3.8) is 0 Å². The zero-order valence-corrected chi connectivity index (χ0v) is 23.1. The monoisotopic (exact) mass is 616 g/mol. The fourth-order valence-corrected chi connectivity index (χ4v) is 7.21. The number of aromatic amines is 1. The predicted octanol–water partition coefficient (Wildman–Crippen LogP) is 3.49. The molecule has 16 heteroatoms. The molecular weight excluding hydrogens is 587 g/mol. The number of piperidine rings is 1. The Kier molecular flexibility index (Phi) is 8.29. The number of alkyl halides is 3. The lowest BCUT2D eigenvalue weighted by atomic mass is 9.93. The van der Waals surface area contributed by atoms with Gasteiger partial charge in [0, 0.05) is 50.4 Å². The summed E-state index contributed by atoms with van der Waals surface area (Å²) < 4.78 is 95.6. The van der Waals surface area contributed by atoms with Gasteiger partial charge >= 0.3 is 17.9 Å². The van der Waals surface area contributed by atoms with Gasteiger partial charge in [-0.25, -0.2) is 31.8 Å². The molecule has 2 atom stereocenters. The average molecular weight is 617 g/mol. The van der Waals surface area contributed by atoms with Gasteiger partial charge in [-0.15, -0.1) is 0 Å². The van der Waals surface area contributed by atoms with Crippen molar-refractivity contribution in [3.05, 3.63) is 64.2 Å². The summed E-state index contributed by atoms with van der Waals surface area (Å²) in [5.41, 5.74) is 0.652. The van der Waals surface area contributed by atoms with E-state index in [-0.39, 0.29) is 43.2 Å². The highest BCUT2D eigenvalue weighted by molar-refractivity contribution is 7.89. The number of carbonyl (C=O) groups is 1. The van der Waals surface area contributed by atoms with Crippen LogP contribution in [0.5, 0.6) is 0 Å². The molecule has 2 N–H and O–H groups in total. The first-order chi connectivity index (χ1) is 19.8. The normalized spacial score (nSPS) is 21.4. The highest BCUT2D eigenvalue weighted by Crippen LogP contribution is 2.32. The Morgan fingerprint density at radius 2 is 1.79 bits per heavy atom. The maximum absolute atomic E-state index is 14.6. The second-order valence-electron chi connectivity index (χ2n) is 10.6. The Labute approximate surface area is 237 Å². The van der Waals surface area contributed by atoms with Crippen molar-refractivity contribution in [2.75, 3.05) is 31.9 Å². The molecule has 4 heterocycles. The summed E-state index contributed by atoms with van der Waals surface area (Å²) in [6.07, 6.45) is -2.33. The molecular formula is C26H29F5N6O4S. The number of pyridine rings is 1. The van der Waals surface area contributed by atoms with Crippen molar-refractivity contribution < 1.29 is 35.2 Å². The number of fused-ring (bicyclic) bond motifs is 1. The molecule has 3 aromatic rings. The average Bonchev–Trinajstić information content (AvgIpc) is 3.10. The number of hydrogen-bond acceptors (Lipinski definition) is 5. The number of halogens is 5. The van der Waals surface area contributed by atoms with Gasteiger partial charge in [0.2, 0.25) is 10.0 Å². The van der Waals surface area contributed by atoms with Gasteiger partial charge in [-0.1, -0.05) is 12.1 Å². The number of sulfonamides is 1. The molecule has 2 saturated heterocycles. The molecule has 0 aliphatic carbocycles. The lowest BCUT2D eigenvalue weighted by Gasteiger charge is -2.34. The number of carbonyl (C=O) groups excluding carboxylic acids is 1. The molecule has 0 saturated carbocycles. The quantitative estimate of drug-likeness (QED) is 0.426. The van der Waals surface area contributed by atoms with Crippen molar-refractivity contribution in [2.24, 2.45) is 0 Å². The third-order valence-electron chi connectivity index (χ3n) is 7.81. The van der Waals surface area contributed by atoms with E-state index in [0.717, 1.165) is 6.07 Å². The Morgan fingerprint density at radius 3 is 2.50 bits per heavy atom. The number of urea groups is 1. The summed E-state index contributed by atoms with van der Waals surface area (Å²) in [5.74, 6) is -5.38. The van der Waals surface area contributed by atoms with Gasteiger partial charge in [0.1, 0.15) is 0 Å². The van der Waals surface area contributed by atoms with Crippen molar-refractivity contribution in [3.8, 4) is 0 Å². The number of aromatic nitrogens is 3. The molecule has 5 rings (SSSR count). The number of H-pyrrole nitrogens is 1. The fourth-order valence-electron chi connectivity index (χ4n) is 5.80. The zero-order valence-electron chi connectivity index (χ0n) is 22.3. The Hall–Kier alpha value is -3.53. The molecule has 0 unspecified atom stereocenters. The van der Waals surface area contributed by atoms with Crippen molar-refractivity contribution in [1.82, 2.24) is 29.1 Å². The van der Waals surface area contributed by atoms with E-state index in [1.54, 1.807) is 22.9 Å². The first kappa shape index (κ1) is 29.9. The van der Waals surface area contributed by atoms with Crippen molar-refractivity contribution in [2.45, 2.75) is 49.9 Å². The van der Waals surface area contributed by atoms with E-state index in [2.05, 4.69) is 15.3 Å². The first-order valence-electron chi connectivity index (χ1n) is 13.4. The maximum Gasteiger partial charge on any atom is 0.404 e. The van der Waals surface area contributed by atoms with E-state index in [1.807, 2.05) is 0 Å². The Morgan fingerprint density at radius 1 is 1.05 bits per heavy atom. The lowest BCUT2D eigenvalue weighted by molar-refractivity contribution is -0.107. The van der Waals surface area contributed by atoms with E-state index in [9.17, 15) is 40.0 Å². The Balaban J connectivity index is 1.29. The van der Waals surface area contributed by atoms with Gasteiger partial charge in [0.25, 0.3) is 0 Å². The smallest absolute Gasteiger partial charge is 0.334 e. The molecule has 1 aromatic carbocycles. The van der Waals surface area contributed by atoms with E-state index in [4.69, 9.17) is 0 Å². The minimum absolute atomic E-state index is 0.100. The number of amides is 2. The van der Waals surface area contributed by atoms with Gasteiger partial charge in [-0.3, -0.25) is 9.55 Å². The summed E-state index contributed by atoms with van der Waals surface area (Å²) in [6.45, 7) is -0.401. The highest BCUT2D eigenvalue weighted by atomic mass is 32.2. The van der Waals surface area contributed by atoms with E-state index in [1.165, 1.54) is 17.0 Å². The molecule has 42 heavy (non-hydrogen) atoms. The topological polar surface area (TPSA) is 120 Å². The van der Waals surface area contributed by atoms with Gasteiger partial charge < -0.3 is 10.2 Å². The number of likely N-dealkylation sites (tertiary alicyclic amines) is 1. The summed E-state index contributed by atoms with van der Waals surface area (Å²) >= 11 is 0. The molecule has 0 spiro atoms. The molecule has 10 nitrogen and oxygen atoms in total. The van der Waals surface area contributed by atoms with Crippen LogP contribution >= 0.6 is 0 Å². The standard InChI is InChI=1S/C26H29F5N6O4S/c27-20-4-1-3-19(22(20)28)16-6-7-17(14-36(13-16)42(40,41)15-26(29,30)31)33-24(38)35-11-8-18(9-12-35)37-21-5-2-10-32-23(21)34-25(37)39/h1-5,10,16-18H,6-9,11-15H2,(H,33,38)(H,32,34,39)/t16-,17-/m1/s1. The summed E-state index contributed by atoms with van der Waals surface area (Å²) in [6, 6.07) is 5.30. The Bertz CT molecular complexity index is 1620. The van der Waals surface area contributed by atoms with E-state index in [0.29, 0.717) is 28.3 Å². The van der Waals surface area contributed by atoms with Crippen LogP contribution in [0.2, 0.25) is 0 Å². The lowest BCUT2D eigenvalue weighted by Crippen LogP contribution is -2.52. The van der Waals surface area contributed by atoms with Crippen molar-refractivity contribution in [1.29, 1.82) is 0 Å². The number of benzene rings is 1. The number of rotatable bonds is 5. The van der Waals surface area contributed by atoms with Crippen LogP contribution in [0.3, 0.4) is 0 Å². The van der Waals surface area contributed by atoms with Crippen LogP contribution in [-0.2, 0) is 10.0 Å². The molecule has 228 valence electrons. The molecule has 2 fully saturated rings. The molecule has 2 aliphatic heterocycles. The van der Waals surface area contributed by atoms with Gasteiger partial charge in [-0.2, -0.15) is 17.5 Å². The molecule has 0 radical (unpaired) electrons. The SMILES string of the molecule is O=C(N[C@@H]1CC[C@@H](c2cccc(F)c2F)CN(S(=O)(=O)CC(F)(F)F)C1)N1CCC(n2c(=O)[nH]c3ncccc32)CC1. The fraction of sp³-hybridized carbons (Fsp3) is 0.500. The third-order valence-corrected chi connectivity index (χ3v) is 9.58. The van der Waals surface area contributed by atoms with Crippen LogP contribution in [0, 0.1) is 11.6 Å². The van der Waals surface area contributed by atoms with Crippen LogP contribution < -0.4 is 11.0 Å². The van der Waals surface area contributed by atoms with E-state index < -0.39 is 64.7 Å². The largest absolute Gasteiger partial charge is 0.404 e. The first-order valence-corrected chi connectivity index (χ1v) is 15.0. The summed E-state index contributed by atoms with van der Waals surface area (Å²) in [5, 5.41) is 2.73. The van der Waals surface area contributed by atoms with Crippen LogP contribution in [0.25, 0.3) is 11.2 Å². The maximum atomic E-state index is 14.6. The zero-order chi connectivity index (χ0) is 30.2. The van der Waals surface area contributed by atoms with Crippen LogP contribution in [0.15, 0.2) is 41.3 Å². The highest BCUT2D eigenvalue weighted by Gasteiger charge is 2.41. The van der Waals surface area contributed by atoms with Crippen molar-refractivity contribution >= 4 is 27.2 Å². The molecule has 0 bridgehead atoms. The van der Waals surface area contributed by atoms with Crippen LogP contribution in [0.4, 0.5) is 26.7 Å². The summed E-state index contributed by atoms with van der Waals surface area (Å²) in [4.78, 5) is 34.0. The third kappa shape index (κ3) is 6.43. The number of nitrogens with one attached hydrogen (secondary N) is 2. The number of imidazole rings is 1. The minimum atomic E-state index is -5.02. The summed E-state index contributed by atoms with van der Waals surface area (Å²) in [7, 11) is -4.89. The van der Waals surface area contributed by atoms with E-state index >= 15 is 0 Å². The number of nitrogens with zero attached hydrogens (tertiary/aromatic N) is 4. The second kappa shape index (κ2) is 11.6. The van der Waals surface area contributed by atoms with Gasteiger partial charge in [0.05, 0.1) is 5.52 Å². The molecule has 2 amide bonds. The number of hydrogen-bond donors (Lipinski definition) is 2. The van der Waals surface area contributed by atoms with Gasteiger partial charge in [-0.05, 0) is 49.4 Å². The second-order valence-corrected chi connectivity index (χ2v) is 12.6. The molecule has 2 aliphatic rings. The van der Waals surface area contributed by atoms with Gasteiger partial charge in [0.15, 0.2) is 23.0 Å². The van der Waals surface area contributed by atoms with Crippen LogP contribution in [-0.4, -0.2) is 82.3 Å². The minimum Gasteiger partial charge on any atom is -0.334 e. The molecule has 2 aromatic heterocycles. The van der Waals surface area contributed by atoms with Crippen LogP contribution in [0.1, 0.15) is 43.2 Å². The predicted molar refractivity (Wildman–Crippen MR) is 142 cm³/mol.